The molecule has 1 aliphatic rings. The number of nitrogens with one attached hydrogen (secondary N) is 2. The molecule has 0 spiro atoms. The van der Waals surface area contributed by atoms with Gasteiger partial charge in [-0.3, -0.25) is 19.2 Å². The Morgan fingerprint density at radius 2 is 1.62 bits per heavy atom. The Morgan fingerprint density at radius 3 is 2.36 bits per heavy atom. The lowest BCUT2D eigenvalue weighted by Gasteiger charge is -2.15. The third-order valence-electron chi connectivity index (χ3n) is 6.58. The largest absolute Gasteiger partial charge is 0.321 e. The predicted octanol–water partition coefficient (Wildman–Crippen LogP) is 6.43. The van der Waals surface area contributed by atoms with Crippen molar-refractivity contribution >= 4 is 75.4 Å². The summed E-state index contributed by atoms with van der Waals surface area (Å²) in [5, 5.41) is 5.04. The first kappa shape index (κ1) is 29.3. The van der Waals surface area contributed by atoms with Crippen LogP contribution in [-0.4, -0.2) is 28.9 Å². The molecule has 0 aliphatic carbocycles. The summed E-state index contributed by atoms with van der Waals surface area (Å²) in [5.74, 6) is -1.42. The highest BCUT2D eigenvalue weighted by atomic mass is 127. The van der Waals surface area contributed by atoms with E-state index in [0.717, 1.165) is 19.6 Å². The minimum atomic E-state index is -0.579. The monoisotopic (exact) mass is 687 g/mol. The van der Waals surface area contributed by atoms with Gasteiger partial charge in [0.1, 0.15) is 5.70 Å². The predicted molar refractivity (Wildman–Crippen MR) is 174 cm³/mol. The number of thioether (sulfide) groups is 1. The van der Waals surface area contributed by atoms with Gasteiger partial charge in [0.2, 0.25) is 11.8 Å². The van der Waals surface area contributed by atoms with Gasteiger partial charge in [0.05, 0.1) is 10.9 Å². The van der Waals surface area contributed by atoms with Crippen molar-refractivity contribution in [2.45, 2.75) is 23.5 Å². The zero-order valence-corrected chi connectivity index (χ0v) is 25.5. The van der Waals surface area contributed by atoms with E-state index in [0.29, 0.717) is 16.9 Å². The minimum absolute atomic E-state index is 0.0842. The number of hydrogen-bond donors (Lipinski definition) is 2. The molecule has 4 aromatic carbocycles. The van der Waals surface area contributed by atoms with Gasteiger partial charge in [-0.05, 0) is 101 Å². The number of benzene rings is 4. The van der Waals surface area contributed by atoms with Crippen LogP contribution in [0.15, 0.2) is 114 Å². The number of carbonyl (C=O) groups is 4. The molecule has 7 nitrogen and oxygen atoms in total. The fourth-order valence-corrected chi connectivity index (χ4v) is 5.89. The van der Waals surface area contributed by atoms with Crippen molar-refractivity contribution in [1.29, 1.82) is 0 Å². The van der Waals surface area contributed by atoms with Gasteiger partial charge in [-0.25, -0.2) is 4.90 Å². The molecule has 9 heteroatoms. The van der Waals surface area contributed by atoms with Crippen LogP contribution in [0.25, 0.3) is 6.08 Å². The van der Waals surface area contributed by atoms with E-state index in [2.05, 4.69) is 33.2 Å². The molecule has 0 unspecified atom stereocenters. The highest BCUT2D eigenvalue weighted by molar-refractivity contribution is 14.1. The second-order valence-corrected chi connectivity index (χ2v) is 12.1. The van der Waals surface area contributed by atoms with Crippen LogP contribution in [0.3, 0.4) is 0 Å². The lowest BCUT2D eigenvalue weighted by atomic mass is 10.1. The second kappa shape index (κ2) is 13.2. The number of halogens is 1. The molecule has 1 fully saturated rings. The van der Waals surface area contributed by atoms with Crippen LogP contribution in [0.2, 0.25) is 0 Å². The molecule has 1 atom stereocenters. The summed E-state index contributed by atoms with van der Waals surface area (Å²) in [6.07, 6.45) is 1.73. The molecule has 4 amide bonds. The van der Waals surface area contributed by atoms with Crippen LogP contribution in [0.5, 0.6) is 0 Å². The Balaban J connectivity index is 1.33. The van der Waals surface area contributed by atoms with E-state index < -0.39 is 17.1 Å². The smallest absolute Gasteiger partial charge is 0.272 e. The molecule has 210 valence electrons. The molecule has 5 rings (SSSR count). The molecule has 2 N–H and O–H groups in total. The normalized spacial score (nSPS) is 15.0. The zero-order valence-electron chi connectivity index (χ0n) is 22.5. The van der Waals surface area contributed by atoms with E-state index in [1.807, 2.05) is 55.5 Å². The third-order valence-corrected chi connectivity index (χ3v) is 8.48. The molecule has 0 radical (unpaired) electrons. The summed E-state index contributed by atoms with van der Waals surface area (Å²) >= 11 is 3.45. The van der Waals surface area contributed by atoms with Crippen molar-refractivity contribution < 1.29 is 19.2 Å². The first-order valence-electron chi connectivity index (χ1n) is 13.1. The van der Waals surface area contributed by atoms with E-state index in [9.17, 15) is 19.2 Å². The van der Waals surface area contributed by atoms with Crippen molar-refractivity contribution in [2.24, 2.45) is 0 Å². The SMILES string of the molecule is Cc1ccccc1/C=C(\NC(=O)c1ccccc1)C(=O)Nc1cccc(S[C@H]2CC(=O)N(c3ccc(I)cc3)C2=O)c1. The quantitative estimate of drug-likeness (QED) is 0.127. The van der Waals surface area contributed by atoms with E-state index in [4.69, 9.17) is 0 Å². The lowest BCUT2D eigenvalue weighted by Crippen LogP contribution is -2.31. The van der Waals surface area contributed by atoms with Crippen LogP contribution >= 0.6 is 34.4 Å². The highest BCUT2D eigenvalue weighted by Gasteiger charge is 2.40. The first-order valence-corrected chi connectivity index (χ1v) is 15.1. The number of aryl methyl sites for hydroxylation is 1. The van der Waals surface area contributed by atoms with Crippen molar-refractivity contribution in [3.8, 4) is 0 Å². The molecular weight excluding hydrogens is 661 g/mol. The number of hydrogen-bond acceptors (Lipinski definition) is 5. The van der Waals surface area contributed by atoms with Crippen LogP contribution in [0, 0.1) is 10.5 Å². The molecule has 42 heavy (non-hydrogen) atoms. The maximum absolute atomic E-state index is 13.5. The third kappa shape index (κ3) is 6.97. The maximum atomic E-state index is 13.5. The fourth-order valence-electron chi connectivity index (χ4n) is 4.41. The van der Waals surface area contributed by atoms with Gasteiger partial charge in [0.25, 0.3) is 11.8 Å². The Labute approximate surface area is 261 Å². The fraction of sp³-hybridized carbons (Fsp3) is 0.0909. The number of rotatable bonds is 8. The topological polar surface area (TPSA) is 95.6 Å². The molecule has 0 aromatic heterocycles. The summed E-state index contributed by atoms with van der Waals surface area (Å²) in [6, 6.07) is 30.5. The van der Waals surface area contributed by atoms with Gasteiger partial charge < -0.3 is 10.6 Å². The number of carbonyl (C=O) groups excluding carboxylic acids is 4. The van der Waals surface area contributed by atoms with E-state index >= 15 is 0 Å². The summed E-state index contributed by atoms with van der Waals surface area (Å²) in [6.45, 7) is 1.93. The summed E-state index contributed by atoms with van der Waals surface area (Å²) in [4.78, 5) is 54.2. The maximum Gasteiger partial charge on any atom is 0.272 e. The average Bonchev–Trinajstić information content (AvgIpc) is 3.26. The van der Waals surface area contributed by atoms with E-state index in [1.165, 1.54) is 16.7 Å². The van der Waals surface area contributed by atoms with Gasteiger partial charge in [-0.2, -0.15) is 0 Å². The standard InChI is InChI=1S/C33H26IN3O4S/c1-21-8-5-6-11-23(21)18-28(36-31(39)22-9-3-2-4-10-22)32(40)35-25-12-7-13-27(19-25)42-29-20-30(38)37(33(29)41)26-16-14-24(34)15-17-26/h2-19,29H,20H2,1H3,(H,35,40)(H,36,39)/b28-18-/t29-/m0/s1. The summed E-state index contributed by atoms with van der Waals surface area (Å²) in [7, 11) is 0. The summed E-state index contributed by atoms with van der Waals surface area (Å²) < 4.78 is 1.01. The number of anilines is 2. The minimum Gasteiger partial charge on any atom is -0.321 e. The Bertz CT molecular complexity index is 1690. The van der Waals surface area contributed by atoms with Crippen molar-refractivity contribution in [1.82, 2.24) is 5.32 Å². The number of amides is 4. The highest BCUT2D eigenvalue weighted by Crippen LogP contribution is 2.35. The van der Waals surface area contributed by atoms with Crippen molar-refractivity contribution in [2.75, 3.05) is 10.2 Å². The Kier molecular flexibility index (Phi) is 9.19. The molecule has 4 aromatic rings. The molecule has 0 bridgehead atoms. The lowest BCUT2D eigenvalue weighted by molar-refractivity contribution is -0.121. The Hall–Kier alpha value is -4.22. The molecule has 1 heterocycles. The van der Waals surface area contributed by atoms with Crippen molar-refractivity contribution in [3.63, 3.8) is 0 Å². The molecule has 0 saturated carbocycles. The van der Waals surface area contributed by atoms with E-state index in [-0.39, 0.29) is 23.9 Å². The van der Waals surface area contributed by atoms with Gasteiger partial charge in [-0.1, -0.05) is 48.5 Å². The molecule has 1 saturated heterocycles. The van der Waals surface area contributed by atoms with Gasteiger partial charge >= 0.3 is 0 Å². The number of nitrogens with zero attached hydrogens (tertiary/aromatic N) is 1. The second-order valence-electron chi connectivity index (χ2n) is 9.57. The van der Waals surface area contributed by atoms with Crippen LogP contribution in [-0.2, 0) is 14.4 Å². The number of imide groups is 1. The molecule has 1 aliphatic heterocycles. The summed E-state index contributed by atoms with van der Waals surface area (Å²) in [5.41, 5.74) is 3.30. The van der Waals surface area contributed by atoms with Crippen LogP contribution in [0.1, 0.15) is 27.9 Å². The zero-order chi connectivity index (χ0) is 29.6. The van der Waals surface area contributed by atoms with Gasteiger partial charge in [0.15, 0.2) is 0 Å². The van der Waals surface area contributed by atoms with Gasteiger partial charge in [0, 0.05) is 26.1 Å². The van der Waals surface area contributed by atoms with Crippen molar-refractivity contribution in [3.05, 3.63) is 129 Å². The Morgan fingerprint density at radius 1 is 0.905 bits per heavy atom. The first-order chi connectivity index (χ1) is 20.3. The van der Waals surface area contributed by atoms with Crippen LogP contribution < -0.4 is 15.5 Å². The van der Waals surface area contributed by atoms with E-state index in [1.54, 1.807) is 60.7 Å². The average molecular weight is 688 g/mol. The molecular formula is C33H26IN3O4S. The van der Waals surface area contributed by atoms with Gasteiger partial charge in [-0.15, -0.1) is 11.8 Å². The van der Waals surface area contributed by atoms with Crippen LogP contribution in [0.4, 0.5) is 11.4 Å².